The first-order chi connectivity index (χ1) is 17.4. The van der Waals surface area contributed by atoms with Gasteiger partial charge >= 0.3 is 5.97 Å². The molecule has 6 heteroatoms. The quantitative estimate of drug-likeness (QED) is 0.503. The summed E-state index contributed by atoms with van der Waals surface area (Å²) in [6, 6.07) is 0. The molecule has 0 radical (unpaired) electrons. The molecule has 0 aliphatic heterocycles. The van der Waals surface area contributed by atoms with Crippen molar-refractivity contribution in [3.05, 3.63) is 0 Å². The molecular weight excluding hydrogens is 464 g/mol. The van der Waals surface area contributed by atoms with Gasteiger partial charge in [-0.1, -0.05) is 27.2 Å². The summed E-state index contributed by atoms with van der Waals surface area (Å²) in [7, 11) is 3.84. The summed E-state index contributed by atoms with van der Waals surface area (Å²) in [5.41, 5.74) is 0.948. The Balaban J connectivity index is 0.000000197. The SMILES string of the molecule is CC(=O)C1CCC2C3CCC4CC(C)CCC4(C)C3CCC12C.CN(C)CCNC(=O)C1CC1C(=O)O. The highest BCUT2D eigenvalue weighted by Gasteiger charge is 2.60. The summed E-state index contributed by atoms with van der Waals surface area (Å²) in [5.74, 6) is 3.76. The Morgan fingerprint density at radius 3 is 2.19 bits per heavy atom. The van der Waals surface area contributed by atoms with Crippen LogP contribution in [-0.4, -0.2) is 54.9 Å². The van der Waals surface area contributed by atoms with Crippen molar-refractivity contribution in [2.45, 2.75) is 91.9 Å². The molecule has 2 N–H and O–H groups in total. The zero-order chi connectivity index (χ0) is 27.1. The summed E-state index contributed by atoms with van der Waals surface area (Å²) in [6.07, 6.45) is 13.1. The molecule has 0 saturated heterocycles. The number of carboxylic acid groups (broad SMARTS) is 1. The fourth-order valence-electron chi connectivity index (χ4n) is 9.43. The molecule has 5 aliphatic carbocycles. The van der Waals surface area contributed by atoms with E-state index in [0.717, 1.165) is 36.1 Å². The predicted molar refractivity (Wildman–Crippen MR) is 146 cm³/mol. The highest BCUT2D eigenvalue weighted by Crippen LogP contribution is 2.67. The van der Waals surface area contributed by atoms with Crippen LogP contribution in [0.1, 0.15) is 91.9 Å². The Morgan fingerprint density at radius 1 is 0.892 bits per heavy atom. The first-order valence-electron chi connectivity index (χ1n) is 15.0. The second-order valence-corrected chi connectivity index (χ2v) is 14.2. The van der Waals surface area contributed by atoms with E-state index >= 15 is 0 Å². The van der Waals surface area contributed by atoms with E-state index in [9.17, 15) is 14.4 Å². The summed E-state index contributed by atoms with van der Waals surface area (Å²) < 4.78 is 0. The normalized spacial score (nSPS) is 44.0. The van der Waals surface area contributed by atoms with E-state index in [0.29, 0.717) is 35.5 Å². The fraction of sp³-hybridized carbons (Fsp3) is 0.903. The van der Waals surface area contributed by atoms with Crippen LogP contribution in [0.25, 0.3) is 0 Å². The second kappa shape index (κ2) is 11.0. The molecule has 6 nitrogen and oxygen atoms in total. The van der Waals surface area contributed by atoms with E-state index in [2.05, 4.69) is 26.1 Å². The van der Waals surface area contributed by atoms with E-state index in [1.54, 1.807) is 0 Å². The number of nitrogens with one attached hydrogen (secondary N) is 1. The Labute approximate surface area is 224 Å². The first kappa shape index (κ1) is 28.6. The van der Waals surface area contributed by atoms with Gasteiger partial charge in [0.1, 0.15) is 5.78 Å². The van der Waals surface area contributed by atoms with Crippen LogP contribution in [0.3, 0.4) is 0 Å². The molecule has 0 bridgehead atoms. The average molecular weight is 517 g/mol. The monoisotopic (exact) mass is 516 g/mol. The minimum atomic E-state index is -0.863. The maximum absolute atomic E-state index is 12.2. The van der Waals surface area contributed by atoms with Gasteiger partial charge in [0.15, 0.2) is 0 Å². The number of hydrogen-bond donors (Lipinski definition) is 2. The van der Waals surface area contributed by atoms with Gasteiger partial charge in [0.25, 0.3) is 0 Å². The van der Waals surface area contributed by atoms with Gasteiger partial charge in [0.05, 0.1) is 11.8 Å². The molecule has 10 atom stereocenters. The molecule has 37 heavy (non-hydrogen) atoms. The highest BCUT2D eigenvalue weighted by molar-refractivity contribution is 5.89. The summed E-state index contributed by atoms with van der Waals surface area (Å²) in [5, 5.41) is 11.3. The van der Waals surface area contributed by atoms with Gasteiger partial charge in [0.2, 0.25) is 5.91 Å². The Morgan fingerprint density at radius 2 is 1.57 bits per heavy atom. The van der Waals surface area contributed by atoms with Crippen molar-refractivity contribution >= 4 is 17.7 Å². The number of hydrogen-bond acceptors (Lipinski definition) is 4. The lowest BCUT2D eigenvalue weighted by Gasteiger charge is -2.61. The molecule has 1 amide bonds. The maximum atomic E-state index is 12.2. The zero-order valence-electron chi connectivity index (χ0n) is 24.2. The van der Waals surface area contributed by atoms with E-state index in [-0.39, 0.29) is 11.8 Å². The largest absolute Gasteiger partial charge is 0.481 e. The van der Waals surface area contributed by atoms with Crippen molar-refractivity contribution in [1.82, 2.24) is 10.2 Å². The van der Waals surface area contributed by atoms with Crippen LogP contribution < -0.4 is 5.32 Å². The van der Waals surface area contributed by atoms with Crippen molar-refractivity contribution in [2.75, 3.05) is 27.2 Å². The number of Topliss-reactive ketones (excluding diaryl/α,β-unsaturated/α-hetero) is 1. The van der Waals surface area contributed by atoms with E-state index in [1.165, 1.54) is 57.8 Å². The van der Waals surface area contributed by atoms with Crippen LogP contribution in [0.4, 0.5) is 0 Å². The maximum Gasteiger partial charge on any atom is 0.307 e. The topological polar surface area (TPSA) is 86.7 Å². The molecule has 0 spiro atoms. The van der Waals surface area contributed by atoms with Crippen molar-refractivity contribution in [3.8, 4) is 0 Å². The third-order valence-electron chi connectivity index (χ3n) is 11.7. The van der Waals surface area contributed by atoms with Gasteiger partial charge in [-0.3, -0.25) is 14.4 Å². The van der Waals surface area contributed by atoms with Gasteiger partial charge in [-0.2, -0.15) is 0 Å². The van der Waals surface area contributed by atoms with E-state index < -0.39 is 11.9 Å². The molecule has 0 aromatic rings. The number of carboxylic acids is 1. The first-order valence-corrected chi connectivity index (χ1v) is 15.0. The number of likely N-dealkylation sites (N-methyl/N-ethyl adjacent to an activating group) is 1. The van der Waals surface area contributed by atoms with Crippen molar-refractivity contribution in [1.29, 1.82) is 0 Å². The number of nitrogens with zero attached hydrogens (tertiary/aromatic N) is 1. The number of fused-ring (bicyclic) bond motifs is 5. The number of carbonyl (C=O) groups excluding carboxylic acids is 2. The van der Waals surface area contributed by atoms with Crippen molar-refractivity contribution < 1.29 is 19.5 Å². The molecule has 210 valence electrons. The van der Waals surface area contributed by atoms with E-state index in [1.807, 2.05) is 25.9 Å². The third kappa shape index (κ3) is 5.65. The van der Waals surface area contributed by atoms with E-state index in [4.69, 9.17) is 5.11 Å². The lowest BCUT2D eigenvalue weighted by atomic mass is 9.44. The van der Waals surface area contributed by atoms with Gasteiger partial charge in [0, 0.05) is 19.0 Å². The fourth-order valence-corrected chi connectivity index (χ4v) is 9.43. The molecule has 5 aliphatic rings. The van der Waals surface area contributed by atoms with Gasteiger partial charge in [-0.15, -0.1) is 0 Å². The summed E-state index contributed by atoms with van der Waals surface area (Å²) in [4.78, 5) is 35.9. The average Bonchev–Trinajstić information content (AvgIpc) is 3.55. The zero-order valence-corrected chi connectivity index (χ0v) is 24.2. The van der Waals surface area contributed by atoms with Crippen LogP contribution in [0.15, 0.2) is 0 Å². The Hall–Kier alpha value is -1.43. The molecule has 5 rings (SSSR count). The molecule has 10 unspecified atom stereocenters. The number of ketones is 1. The van der Waals surface area contributed by atoms with Crippen molar-refractivity contribution in [3.63, 3.8) is 0 Å². The van der Waals surface area contributed by atoms with Crippen LogP contribution in [0, 0.1) is 58.2 Å². The number of aliphatic carboxylic acids is 1. The van der Waals surface area contributed by atoms with Crippen LogP contribution in [0.2, 0.25) is 0 Å². The number of carbonyl (C=O) groups is 3. The summed E-state index contributed by atoms with van der Waals surface area (Å²) >= 11 is 0. The second-order valence-electron chi connectivity index (χ2n) is 14.2. The third-order valence-corrected chi connectivity index (χ3v) is 11.7. The lowest BCUT2D eigenvalue weighted by molar-refractivity contribution is -0.140. The summed E-state index contributed by atoms with van der Waals surface area (Å²) in [6.45, 7) is 10.8. The smallest absolute Gasteiger partial charge is 0.307 e. The van der Waals surface area contributed by atoms with Crippen molar-refractivity contribution in [2.24, 2.45) is 58.2 Å². The van der Waals surface area contributed by atoms with Crippen LogP contribution in [0.5, 0.6) is 0 Å². The standard InChI is InChI=1S/C22H36O.C9H16N2O3/c1-14-9-11-21(3)16(13-14)5-6-17-19-8-7-18(15(2)23)22(19,4)12-10-20(17)21;1-11(2)4-3-10-8(12)6-5-7(6)9(13)14/h14,16-20H,5-13H2,1-4H3;6-7H,3-5H2,1-2H3,(H,10,12)(H,13,14). The highest BCUT2D eigenvalue weighted by atomic mass is 16.4. The lowest BCUT2D eigenvalue weighted by Crippen LogP contribution is -2.53. The minimum Gasteiger partial charge on any atom is -0.481 e. The molecule has 5 fully saturated rings. The number of rotatable bonds is 6. The molecule has 5 saturated carbocycles. The van der Waals surface area contributed by atoms with Crippen LogP contribution >= 0.6 is 0 Å². The Bertz CT molecular complexity index is 873. The number of amides is 1. The molecule has 0 heterocycles. The predicted octanol–water partition coefficient (Wildman–Crippen LogP) is 5.26. The van der Waals surface area contributed by atoms with Gasteiger partial charge in [-0.25, -0.2) is 0 Å². The minimum absolute atomic E-state index is 0.126. The van der Waals surface area contributed by atoms with Gasteiger partial charge in [-0.05, 0) is 119 Å². The van der Waals surface area contributed by atoms with Crippen LogP contribution in [-0.2, 0) is 14.4 Å². The Kier molecular flexibility index (Phi) is 8.48. The van der Waals surface area contributed by atoms with Gasteiger partial charge < -0.3 is 15.3 Å². The molecule has 0 aromatic carbocycles. The molecular formula is C31H52N2O4. The molecule has 0 aromatic heterocycles.